The molecule has 0 aromatic carbocycles. The topological polar surface area (TPSA) is 65.0 Å². The molecule has 1 aliphatic heterocycles. The van der Waals surface area contributed by atoms with Crippen LogP contribution in [0.15, 0.2) is 23.8 Å². The number of rotatable bonds is 12. The minimum Gasteiger partial charge on any atom is -0.469 e. The summed E-state index contributed by atoms with van der Waals surface area (Å²) >= 11 is 0. The lowest BCUT2D eigenvalue weighted by molar-refractivity contribution is -0.221. The Morgan fingerprint density at radius 2 is 2.16 bits per heavy atom. The number of allylic oxidation sites excluding steroid dienone is 2. The van der Waals surface area contributed by atoms with E-state index in [0.29, 0.717) is 18.3 Å². The second-order valence-electron chi connectivity index (χ2n) is 9.89. The number of hydrogen-bond acceptors (Lipinski definition) is 5. The molecule has 0 spiro atoms. The van der Waals surface area contributed by atoms with Gasteiger partial charge in [0.25, 0.3) is 0 Å². The normalized spacial score (nSPS) is 31.3. The van der Waals surface area contributed by atoms with E-state index in [1.165, 1.54) is 19.1 Å². The van der Waals surface area contributed by atoms with Crippen LogP contribution in [-0.4, -0.2) is 42.8 Å². The van der Waals surface area contributed by atoms with Crippen LogP contribution in [0.3, 0.4) is 0 Å². The zero-order valence-electron chi connectivity index (χ0n) is 20.2. The van der Waals surface area contributed by atoms with Crippen LogP contribution in [0.25, 0.3) is 0 Å². The molecule has 2 aliphatic carbocycles. The van der Waals surface area contributed by atoms with E-state index in [9.17, 15) is 9.90 Å². The van der Waals surface area contributed by atoms with E-state index in [4.69, 9.17) is 14.2 Å². The van der Waals surface area contributed by atoms with Crippen molar-refractivity contribution in [2.45, 2.75) is 115 Å². The molecule has 0 radical (unpaired) electrons. The van der Waals surface area contributed by atoms with Gasteiger partial charge in [0.1, 0.15) is 0 Å². The number of methoxy groups -OCH3 is 1. The third-order valence-corrected chi connectivity index (χ3v) is 7.54. The third-order valence-electron chi connectivity index (χ3n) is 7.54. The van der Waals surface area contributed by atoms with Gasteiger partial charge in [-0.2, -0.15) is 0 Å². The molecule has 1 N–H and O–H groups in total. The summed E-state index contributed by atoms with van der Waals surface area (Å²) in [5.74, 6) is 0.807. The number of fused-ring (bicyclic) bond motifs is 1. The minimum atomic E-state index is -0.402. The first kappa shape index (κ1) is 25.5. The number of ether oxygens (including phenoxy) is 3. The number of aliphatic hydroxyl groups is 1. The van der Waals surface area contributed by atoms with Crippen molar-refractivity contribution in [1.29, 1.82) is 0 Å². The molecule has 0 aromatic rings. The first-order valence-corrected chi connectivity index (χ1v) is 13.0. The molecule has 0 bridgehead atoms. The second kappa shape index (κ2) is 12.9. The van der Waals surface area contributed by atoms with Crippen molar-refractivity contribution in [1.82, 2.24) is 0 Å². The van der Waals surface area contributed by atoms with E-state index in [0.717, 1.165) is 83.7 Å². The number of hydrogen-bond donors (Lipinski definition) is 1. The van der Waals surface area contributed by atoms with Crippen LogP contribution >= 0.6 is 0 Å². The molecule has 1 saturated carbocycles. The van der Waals surface area contributed by atoms with Crippen molar-refractivity contribution in [3.63, 3.8) is 0 Å². The van der Waals surface area contributed by atoms with Gasteiger partial charge in [0.05, 0.1) is 18.8 Å². The van der Waals surface area contributed by atoms with E-state index in [2.05, 4.69) is 19.1 Å². The summed E-state index contributed by atoms with van der Waals surface area (Å²) in [6, 6.07) is 0. The SMILES string of the molecule is CCCCCC(O)C=CC1(OC2CCCCO2)CC[C@H]2C=C(CCCC(=O)OC)CC[C@@H]21. The Hall–Kier alpha value is -1.17. The van der Waals surface area contributed by atoms with Crippen molar-refractivity contribution in [2.24, 2.45) is 11.8 Å². The van der Waals surface area contributed by atoms with Gasteiger partial charge >= 0.3 is 5.97 Å². The maximum atomic E-state index is 11.4. The molecule has 182 valence electrons. The van der Waals surface area contributed by atoms with Gasteiger partial charge in [-0.25, -0.2) is 0 Å². The van der Waals surface area contributed by atoms with Crippen molar-refractivity contribution >= 4 is 5.97 Å². The highest BCUT2D eigenvalue weighted by molar-refractivity contribution is 5.69. The van der Waals surface area contributed by atoms with Gasteiger partial charge in [0.15, 0.2) is 6.29 Å². The molecule has 1 heterocycles. The van der Waals surface area contributed by atoms with Crippen LogP contribution in [-0.2, 0) is 19.0 Å². The average molecular weight is 449 g/mol. The fraction of sp³-hybridized carbons (Fsp3) is 0.815. The molecule has 3 rings (SSSR count). The third kappa shape index (κ3) is 7.16. The lowest BCUT2D eigenvalue weighted by atomic mass is 9.75. The van der Waals surface area contributed by atoms with E-state index in [1.807, 2.05) is 6.08 Å². The van der Waals surface area contributed by atoms with Crippen molar-refractivity contribution in [2.75, 3.05) is 13.7 Å². The Kier molecular flexibility index (Phi) is 10.3. The maximum absolute atomic E-state index is 11.4. The molecule has 5 nitrogen and oxygen atoms in total. The van der Waals surface area contributed by atoms with Gasteiger partial charge < -0.3 is 19.3 Å². The van der Waals surface area contributed by atoms with E-state index < -0.39 is 6.10 Å². The number of esters is 1. The molecule has 5 heteroatoms. The Morgan fingerprint density at radius 1 is 1.28 bits per heavy atom. The lowest BCUT2D eigenvalue weighted by Gasteiger charge is -2.40. The van der Waals surface area contributed by atoms with Gasteiger partial charge in [-0.3, -0.25) is 4.79 Å². The molecule has 5 atom stereocenters. The maximum Gasteiger partial charge on any atom is 0.305 e. The summed E-state index contributed by atoms with van der Waals surface area (Å²) in [6.45, 7) is 2.97. The molecule has 0 amide bonds. The van der Waals surface area contributed by atoms with Crippen LogP contribution in [0.1, 0.15) is 96.8 Å². The fourth-order valence-corrected chi connectivity index (χ4v) is 5.71. The predicted octanol–water partition coefficient (Wildman–Crippen LogP) is 5.86. The summed E-state index contributed by atoms with van der Waals surface area (Å²) in [4.78, 5) is 11.4. The Bertz CT molecular complexity index is 636. The van der Waals surface area contributed by atoms with Crippen LogP contribution in [0.4, 0.5) is 0 Å². The zero-order chi connectivity index (χ0) is 22.8. The fourth-order valence-electron chi connectivity index (χ4n) is 5.71. The molecular weight excluding hydrogens is 404 g/mol. The first-order chi connectivity index (χ1) is 15.6. The highest BCUT2D eigenvalue weighted by Gasteiger charge is 2.49. The first-order valence-electron chi connectivity index (χ1n) is 13.0. The van der Waals surface area contributed by atoms with Crippen LogP contribution < -0.4 is 0 Å². The largest absolute Gasteiger partial charge is 0.469 e. The number of carbonyl (C=O) groups is 1. The summed E-state index contributed by atoms with van der Waals surface area (Å²) in [5, 5.41) is 10.5. The number of unbranched alkanes of at least 4 members (excludes halogenated alkanes) is 2. The highest BCUT2D eigenvalue weighted by Crippen LogP contribution is 2.51. The van der Waals surface area contributed by atoms with E-state index in [1.54, 1.807) is 0 Å². The molecule has 2 fully saturated rings. The summed E-state index contributed by atoms with van der Waals surface area (Å²) < 4.78 is 17.5. The van der Waals surface area contributed by atoms with Crippen molar-refractivity contribution < 1.29 is 24.1 Å². The molecule has 3 aliphatic rings. The Morgan fingerprint density at radius 3 is 2.91 bits per heavy atom. The van der Waals surface area contributed by atoms with Crippen molar-refractivity contribution in [3.8, 4) is 0 Å². The van der Waals surface area contributed by atoms with Gasteiger partial charge in [0, 0.05) is 13.0 Å². The smallest absolute Gasteiger partial charge is 0.305 e. The van der Waals surface area contributed by atoms with Crippen LogP contribution in [0, 0.1) is 11.8 Å². The van der Waals surface area contributed by atoms with Gasteiger partial charge in [-0.15, -0.1) is 0 Å². The summed E-state index contributed by atoms with van der Waals surface area (Å²) in [5.41, 5.74) is 1.13. The molecule has 32 heavy (non-hydrogen) atoms. The standard InChI is InChI=1S/C27H44O5/c1-3-4-5-10-23(28)16-18-27(32-26-12-6-7-19-31-26)17-15-22-20-21(13-14-24(22)27)9-8-11-25(29)30-2/h16,18,20,22-24,26,28H,3-15,17,19H2,1-2H3/t22-,23?,24-,26?,27?/m0/s1. The number of carbonyl (C=O) groups excluding carboxylic acids is 1. The van der Waals surface area contributed by atoms with Crippen LogP contribution in [0.5, 0.6) is 0 Å². The van der Waals surface area contributed by atoms with Crippen LogP contribution in [0.2, 0.25) is 0 Å². The number of aliphatic hydroxyl groups excluding tert-OH is 1. The Labute approximate surface area is 194 Å². The van der Waals surface area contributed by atoms with E-state index in [-0.39, 0.29) is 17.9 Å². The van der Waals surface area contributed by atoms with Gasteiger partial charge in [0.2, 0.25) is 0 Å². The molecule has 1 saturated heterocycles. The van der Waals surface area contributed by atoms with Gasteiger partial charge in [-0.1, -0.05) is 50.0 Å². The zero-order valence-corrected chi connectivity index (χ0v) is 20.2. The molecule has 0 aromatic heterocycles. The predicted molar refractivity (Wildman–Crippen MR) is 126 cm³/mol. The van der Waals surface area contributed by atoms with E-state index >= 15 is 0 Å². The monoisotopic (exact) mass is 448 g/mol. The molecule has 3 unspecified atom stereocenters. The lowest BCUT2D eigenvalue weighted by Crippen LogP contribution is -2.42. The minimum absolute atomic E-state index is 0.123. The van der Waals surface area contributed by atoms with Crippen molar-refractivity contribution in [3.05, 3.63) is 23.8 Å². The Balaban J connectivity index is 1.66. The molecular formula is C27H44O5. The average Bonchev–Trinajstić information content (AvgIpc) is 3.16. The van der Waals surface area contributed by atoms with Gasteiger partial charge in [-0.05, 0) is 76.0 Å². The summed E-state index contributed by atoms with van der Waals surface area (Å²) in [7, 11) is 1.45. The highest BCUT2D eigenvalue weighted by atomic mass is 16.7. The quantitative estimate of drug-likeness (QED) is 0.230. The second-order valence-corrected chi connectivity index (χ2v) is 9.89. The summed E-state index contributed by atoms with van der Waals surface area (Å²) in [6.07, 6.45) is 20.1.